The third kappa shape index (κ3) is 4.48. The van der Waals surface area contributed by atoms with Crippen LogP contribution in [0.15, 0.2) is 66.9 Å². The maximum Gasteiger partial charge on any atom is 0.274 e. The van der Waals surface area contributed by atoms with Crippen molar-refractivity contribution < 1.29 is 9.59 Å². The Balaban J connectivity index is 1.77. The highest BCUT2D eigenvalue weighted by Crippen LogP contribution is 2.17. The van der Waals surface area contributed by atoms with Crippen molar-refractivity contribution in [2.45, 2.75) is 0 Å². The maximum absolute atomic E-state index is 12.5. The molecule has 1 heterocycles. The summed E-state index contributed by atoms with van der Waals surface area (Å²) in [6.45, 7) is 0. The van der Waals surface area contributed by atoms with E-state index in [1.54, 1.807) is 48.5 Å². The van der Waals surface area contributed by atoms with Gasteiger partial charge in [0.25, 0.3) is 11.8 Å². The van der Waals surface area contributed by atoms with Crippen LogP contribution in [0.4, 0.5) is 11.4 Å². The lowest BCUT2D eigenvalue weighted by Gasteiger charge is -2.08. The second-order valence-corrected chi connectivity index (χ2v) is 5.94. The summed E-state index contributed by atoms with van der Waals surface area (Å²) in [5.41, 5.74) is 1.59. The molecule has 0 radical (unpaired) electrons. The Morgan fingerprint density at radius 2 is 1.78 bits per heavy atom. The Kier molecular flexibility index (Phi) is 5.45. The lowest BCUT2D eigenvalue weighted by atomic mass is 10.1. The quantitative estimate of drug-likeness (QED) is 0.716. The highest BCUT2D eigenvalue weighted by atomic mass is 35.5. The van der Waals surface area contributed by atoms with Crippen LogP contribution in [-0.4, -0.2) is 16.8 Å². The van der Waals surface area contributed by atoms with Crippen LogP contribution in [0.2, 0.25) is 5.02 Å². The second kappa shape index (κ2) is 8.13. The SMILES string of the molecule is N#Cc1ccccc1NC(=O)c1ccnc(C(=O)Nc2cccc(Cl)c2)c1. The fraction of sp³-hybridized carbons (Fsp3) is 0. The summed E-state index contributed by atoms with van der Waals surface area (Å²) in [7, 11) is 0. The number of hydrogen-bond acceptors (Lipinski definition) is 4. The predicted octanol–water partition coefficient (Wildman–Crippen LogP) is 4.11. The molecule has 3 rings (SSSR count). The summed E-state index contributed by atoms with van der Waals surface area (Å²) in [6.07, 6.45) is 1.37. The van der Waals surface area contributed by atoms with Gasteiger partial charge in [0.15, 0.2) is 0 Å². The Morgan fingerprint density at radius 1 is 0.963 bits per heavy atom. The summed E-state index contributed by atoms with van der Waals surface area (Å²) in [4.78, 5) is 28.8. The minimum atomic E-state index is -0.468. The molecule has 2 amide bonds. The Labute approximate surface area is 160 Å². The zero-order valence-corrected chi connectivity index (χ0v) is 14.7. The summed E-state index contributed by atoms with van der Waals surface area (Å²) >= 11 is 5.90. The monoisotopic (exact) mass is 376 g/mol. The van der Waals surface area contributed by atoms with Crippen LogP contribution >= 0.6 is 11.6 Å². The van der Waals surface area contributed by atoms with Crippen molar-refractivity contribution in [3.05, 3.63) is 88.7 Å². The third-order valence-electron chi connectivity index (χ3n) is 3.63. The van der Waals surface area contributed by atoms with Crippen LogP contribution < -0.4 is 10.6 Å². The number of rotatable bonds is 4. The number of halogens is 1. The lowest BCUT2D eigenvalue weighted by molar-refractivity contribution is 0.102. The summed E-state index contributed by atoms with van der Waals surface area (Å²) < 4.78 is 0. The lowest BCUT2D eigenvalue weighted by Crippen LogP contribution is -2.17. The van der Waals surface area contributed by atoms with E-state index in [-0.39, 0.29) is 11.3 Å². The number of hydrogen-bond donors (Lipinski definition) is 2. The summed E-state index contributed by atoms with van der Waals surface area (Å²) in [6, 6.07) is 18.2. The van der Waals surface area contributed by atoms with Crippen molar-refractivity contribution >= 4 is 34.8 Å². The second-order valence-electron chi connectivity index (χ2n) is 5.51. The van der Waals surface area contributed by atoms with E-state index >= 15 is 0 Å². The van der Waals surface area contributed by atoms with Gasteiger partial charge in [0.2, 0.25) is 0 Å². The Bertz CT molecular complexity index is 1060. The van der Waals surface area contributed by atoms with Gasteiger partial charge in [-0.25, -0.2) is 0 Å². The van der Waals surface area contributed by atoms with Gasteiger partial charge >= 0.3 is 0 Å². The highest BCUT2D eigenvalue weighted by Gasteiger charge is 2.13. The first-order chi connectivity index (χ1) is 13.1. The maximum atomic E-state index is 12.5. The minimum absolute atomic E-state index is 0.0798. The molecule has 0 aliphatic rings. The zero-order valence-electron chi connectivity index (χ0n) is 13.9. The number of carbonyl (C=O) groups excluding carboxylic acids is 2. The van der Waals surface area contributed by atoms with Gasteiger partial charge in [-0.15, -0.1) is 0 Å². The molecule has 2 N–H and O–H groups in total. The molecule has 6 nitrogen and oxygen atoms in total. The standard InChI is InChI=1S/C20H13ClN4O2/c21-15-5-3-6-16(11-15)24-20(27)18-10-13(8-9-23-18)19(26)25-17-7-2-1-4-14(17)12-22/h1-11H,(H,24,27)(H,25,26). The van der Waals surface area contributed by atoms with Gasteiger partial charge in [-0.3, -0.25) is 14.6 Å². The van der Waals surface area contributed by atoms with Gasteiger partial charge in [-0.2, -0.15) is 5.26 Å². The van der Waals surface area contributed by atoms with E-state index in [2.05, 4.69) is 15.6 Å². The van der Waals surface area contributed by atoms with Crippen LogP contribution in [0.3, 0.4) is 0 Å². The third-order valence-corrected chi connectivity index (χ3v) is 3.87. The van der Waals surface area contributed by atoms with Crippen molar-refractivity contribution in [3.8, 4) is 6.07 Å². The molecule has 0 aliphatic heterocycles. The Hall–Kier alpha value is -3.69. The van der Waals surface area contributed by atoms with Gasteiger partial charge in [0, 0.05) is 22.5 Å². The van der Waals surface area contributed by atoms with Crippen LogP contribution in [0, 0.1) is 11.3 Å². The first kappa shape index (κ1) is 18.1. The normalized spacial score (nSPS) is 9.93. The molecule has 27 heavy (non-hydrogen) atoms. The van der Waals surface area contributed by atoms with Crippen molar-refractivity contribution in [2.24, 2.45) is 0 Å². The number of amides is 2. The number of pyridine rings is 1. The van der Waals surface area contributed by atoms with Crippen LogP contribution in [0.1, 0.15) is 26.4 Å². The molecule has 3 aromatic rings. The van der Waals surface area contributed by atoms with Crippen LogP contribution in [0.5, 0.6) is 0 Å². The molecule has 1 aromatic heterocycles. The number of nitriles is 1. The number of benzene rings is 2. The average molecular weight is 377 g/mol. The van der Waals surface area contributed by atoms with Crippen molar-refractivity contribution in [1.82, 2.24) is 4.98 Å². The summed E-state index contributed by atoms with van der Waals surface area (Å²) in [5, 5.41) is 14.9. The number of carbonyl (C=O) groups is 2. The number of para-hydroxylation sites is 1. The topological polar surface area (TPSA) is 94.9 Å². The number of nitrogens with one attached hydrogen (secondary N) is 2. The van der Waals surface area contributed by atoms with E-state index in [1.165, 1.54) is 18.3 Å². The number of aromatic nitrogens is 1. The molecule has 0 unspecified atom stereocenters. The summed E-state index contributed by atoms with van der Waals surface area (Å²) in [5.74, 6) is -0.916. The van der Waals surface area contributed by atoms with E-state index in [0.717, 1.165) is 0 Å². The highest BCUT2D eigenvalue weighted by molar-refractivity contribution is 6.31. The van der Waals surface area contributed by atoms with Crippen LogP contribution in [0.25, 0.3) is 0 Å². The molecule has 0 atom stereocenters. The van der Waals surface area contributed by atoms with E-state index < -0.39 is 11.8 Å². The molecule has 132 valence electrons. The molecule has 0 fully saturated rings. The van der Waals surface area contributed by atoms with Gasteiger partial charge < -0.3 is 10.6 Å². The first-order valence-corrected chi connectivity index (χ1v) is 8.28. The van der Waals surface area contributed by atoms with E-state index in [9.17, 15) is 9.59 Å². The first-order valence-electron chi connectivity index (χ1n) is 7.90. The van der Waals surface area contributed by atoms with Gasteiger partial charge in [-0.1, -0.05) is 29.8 Å². The molecule has 0 spiro atoms. The molecule has 0 aliphatic carbocycles. The van der Waals surface area contributed by atoms with Crippen molar-refractivity contribution in [3.63, 3.8) is 0 Å². The van der Waals surface area contributed by atoms with Gasteiger partial charge in [0.1, 0.15) is 11.8 Å². The fourth-order valence-corrected chi connectivity index (χ4v) is 2.53. The van der Waals surface area contributed by atoms with Crippen molar-refractivity contribution in [1.29, 1.82) is 5.26 Å². The minimum Gasteiger partial charge on any atom is -0.321 e. The molecule has 0 bridgehead atoms. The number of nitrogens with zero attached hydrogens (tertiary/aromatic N) is 2. The smallest absolute Gasteiger partial charge is 0.274 e. The zero-order chi connectivity index (χ0) is 19.2. The van der Waals surface area contributed by atoms with Crippen LogP contribution in [-0.2, 0) is 0 Å². The van der Waals surface area contributed by atoms with E-state index in [4.69, 9.17) is 16.9 Å². The molecular formula is C20H13ClN4O2. The van der Waals surface area contributed by atoms with E-state index in [1.807, 2.05) is 6.07 Å². The molecular weight excluding hydrogens is 364 g/mol. The largest absolute Gasteiger partial charge is 0.321 e. The average Bonchev–Trinajstić information content (AvgIpc) is 2.68. The molecule has 0 saturated heterocycles. The molecule has 0 saturated carbocycles. The number of anilines is 2. The predicted molar refractivity (Wildman–Crippen MR) is 103 cm³/mol. The molecule has 2 aromatic carbocycles. The van der Waals surface area contributed by atoms with Gasteiger partial charge in [0.05, 0.1) is 11.3 Å². The van der Waals surface area contributed by atoms with Crippen molar-refractivity contribution in [2.75, 3.05) is 10.6 Å². The Morgan fingerprint density at radius 3 is 2.56 bits per heavy atom. The fourth-order valence-electron chi connectivity index (χ4n) is 2.34. The van der Waals surface area contributed by atoms with E-state index in [0.29, 0.717) is 22.0 Å². The van der Waals surface area contributed by atoms with Gasteiger partial charge in [-0.05, 0) is 42.5 Å². The molecule has 7 heteroatoms.